The van der Waals surface area contributed by atoms with Gasteiger partial charge < -0.3 is 20.5 Å². The van der Waals surface area contributed by atoms with E-state index in [1.54, 1.807) is 32.2 Å². The van der Waals surface area contributed by atoms with E-state index in [9.17, 15) is 18.0 Å². The molecule has 9 heteroatoms. The van der Waals surface area contributed by atoms with Gasteiger partial charge in [-0.2, -0.15) is 0 Å². The van der Waals surface area contributed by atoms with Gasteiger partial charge in [-0.05, 0) is 43.3 Å². The van der Waals surface area contributed by atoms with Crippen molar-refractivity contribution >= 4 is 17.3 Å². The van der Waals surface area contributed by atoms with Crippen LogP contribution in [0.4, 0.5) is 18.9 Å². The Morgan fingerprint density at radius 3 is 2.46 bits per heavy atom. The highest BCUT2D eigenvalue weighted by molar-refractivity contribution is 6.17. The van der Waals surface area contributed by atoms with E-state index in [4.69, 9.17) is 5.11 Å². The molecule has 1 aromatic carbocycles. The molecule has 0 fully saturated rings. The zero-order valence-corrected chi connectivity index (χ0v) is 15.3. The summed E-state index contributed by atoms with van der Waals surface area (Å²) < 4.78 is 40.5. The van der Waals surface area contributed by atoms with Crippen LogP contribution >= 0.6 is 0 Å². The topological polar surface area (TPSA) is 83.0 Å². The number of anilines is 1. The summed E-state index contributed by atoms with van der Waals surface area (Å²) in [5.41, 5.74) is 2.97. The molecule has 0 saturated carbocycles. The average molecular weight is 395 g/mol. The lowest BCUT2D eigenvalue weighted by molar-refractivity contribution is -0.274. The van der Waals surface area contributed by atoms with Gasteiger partial charge in [-0.1, -0.05) is 6.08 Å². The summed E-state index contributed by atoms with van der Waals surface area (Å²) in [7, 11) is 1.59. The van der Waals surface area contributed by atoms with E-state index in [2.05, 4.69) is 20.4 Å². The van der Waals surface area contributed by atoms with Gasteiger partial charge in [-0.15, -0.1) is 13.2 Å². The molecular weight excluding hydrogens is 375 g/mol. The first kappa shape index (κ1) is 21.2. The summed E-state index contributed by atoms with van der Waals surface area (Å²) >= 11 is 0. The number of amides is 1. The van der Waals surface area contributed by atoms with Crippen LogP contribution in [0.15, 0.2) is 64.3 Å². The van der Waals surface area contributed by atoms with Crippen LogP contribution in [0, 0.1) is 0 Å². The monoisotopic (exact) mass is 395 g/mol. The lowest BCUT2D eigenvalue weighted by Gasteiger charge is -2.16. The minimum atomic E-state index is -4.74. The number of alkyl halides is 3. The van der Waals surface area contributed by atoms with Crippen molar-refractivity contribution in [2.75, 3.05) is 25.5 Å². The third kappa shape index (κ3) is 5.98. The predicted molar refractivity (Wildman–Crippen MR) is 100 cm³/mol. The van der Waals surface area contributed by atoms with Crippen molar-refractivity contribution in [3.05, 3.63) is 59.3 Å². The van der Waals surface area contributed by atoms with Crippen LogP contribution in [0.2, 0.25) is 0 Å². The summed E-state index contributed by atoms with van der Waals surface area (Å²) in [6.07, 6.45) is 0.231. The molecule has 0 heterocycles. The summed E-state index contributed by atoms with van der Waals surface area (Å²) in [6.45, 7) is 1.79. The molecule has 0 saturated heterocycles. The maximum atomic E-state index is 12.2. The zero-order chi connectivity index (χ0) is 20.7. The van der Waals surface area contributed by atoms with Gasteiger partial charge in [0.2, 0.25) is 0 Å². The SMILES string of the molecule is C/N=C1/C=C(C(=O)NCCO)C=C/C1=C(/C)Nc1ccc(OC(F)(F)F)cc1. The van der Waals surface area contributed by atoms with Crippen molar-refractivity contribution in [1.82, 2.24) is 5.32 Å². The first-order valence-corrected chi connectivity index (χ1v) is 8.33. The number of nitrogens with zero attached hydrogens (tertiary/aromatic N) is 1. The van der Waals surface area contributed by atoms with Crippen LogP contribution in [-0.4, -0.2) is 43.3 Å². The van der Waals surface area contributed by atoms with Crippen molar-refractivity contribution in [3.63, 3.8) is 0 Å². The molecule has 1 aliphatic carbocycles. The van der Waals surface area contributed by atoms with E-state index in [0.717, 1.165) is 5.57 Å². The number of allylic oxidation sites excluding steroid dienone is 4. The highest BCUT2D eigenvalue weighted by Gasteiger charge is 2.30. The van der Waals surface area contributed by atoms with Crippen molar-refractivity contribution in [2.45, 2.75) is 13.3 Å². The minimum Gasteiger partial charge on any atom is -0.406 e. The Morgan fingerprint density at radius 2 is 1.89 bits per heavy atom. The number of hydrogen-bond acceptors (Lipinski definition) is 5. The predicted octanol–water partition coefficient (Wildman–Crippen LogP) is 2.95. The molecule has 0 bridgehead atoms. The maximum Gasteiger partial charge on any atom is 0.573 e. The number of aliphatic imine (C=N–C) groups is 1. The van der Waals surface area contributed by atoms with Crippen LogP contribution in [0.3, 0.4) is 0 Å². The summed E-state index contributed by atoms with van der Waals surface area (Å²) in [5.74, 6) is -0.630. The Kier molecular flexibility index (Phi) is 7.00. The van der Waals surface area contributed by atoms with Crippen LogP contribution in [0.5, 0.6) is 5.75 Å². The largest absolute Gasteiger partial charge is 0.573 e. The fourth-order valence-electron chi connectivity index (χ4n) is 2.47. The van der Waals surface area contributed by atoms with Crippen molar-refractivity contribution < 1.29 is 27.8 Å². The van der Waals surface area contributed by atoms with Crippen LogP contribution in [-0.2, 0) is 4.79 Å². The summed E-state index contributed by atoms with van der Waals surface area (Å²) in [5, 5.41) is 14.4. The molecule has 3 N–H and O–H groups in total. The molecular formula is C19H20F3N3O3. The van der Waals surface area contributed by atoms with Crippen LogP contribution in [0.25, 0.3) is 0 Å². The van der Waals surface area contributed by atoms with E-state index in [1.807, 2.05) is 0 Å². The molecule has 2 rings (SSSR count). The van der Waals surface area contributed by atoms with Crippen molar-refractivity contribution in [2.24, 2.45) is 4.99 Å². The van der Waals surface area contributed by atoms with Crippen LogP contribution in [0.1, 0.15) is 6.92 Å². The smallest absolute Gasteiger partial charge is 0.406 e. The van der Waals surface area contributed by atoms with Gasteiger partial charge in [0.1, 0.15) is 5.75 Å². The van der Waals surface area contributed by atoms with E-state index in [-0.39, 0.29) is 24.8 Å². The third-order valence-electron chi connectivity index (χ3n) is 3.72. The first-order chi connectivity index (χ1) is 13.2. The normalized spacial score (nSPS) is 17.2. The fraction of sp³-hybridized carbons (Fsp3) is 0.263. The first-order valence-electron chi connectivity index (χ1n) is 8.33. The number of aliphatic hydroxyl groups is 1. The molecule has 150 valence electrons. The number of aliphatic hydroxyl groups excluding tert-OH is 1. The van der Waals surface area contributed by atoms with E-state index >= 15 is 0 Å². The molecule has 0 spiro atoms. The Hall–Kier alpha value is -3.07. The fourth-order valence-corrected chi connectivity index (χ4v) is 2.47. The second kappa shape index (κ2) is 9.23. The summed E-state index contributed by atoms with van der Waals surface area (Å²) in [6, 6.07) is 5.35. The molecule has 6 nitrogen and oxygen atoms in total. The number of halogens is 3. The van der Waals surface area contributed by atoms with E-state index < -0.39 is 6.36 Å². The second-order valence-electron chi connectivity index (χ2n) is 5.76. The average Bonchev–Trinajstić information content (AvgIpc) is 2.65. The molecule has 0 unspecified atom stereocenters. The Balaban J connectivity index is 2.14. The van der Waals surface area contributed by atoms with Crippen molar-refractivity contribution in [3.8, 4) is 5.75 Å². The number of rotatable bonds is 6. The van der Waals surface area contributed by atoms with E-state index in [0.29, 0.717) is 22.7 Å². The van der Waals surface area contributed by atoms with Gasteiger partial charge in [-0.3, -0.25) is 9.79 Å². The number of hydrogen-bond donors (Lipinski definition) is 3. The molecule has 0 radical (unpaired) electrons. The van der Waals surface area contributed by atoms with E-state index in [1.165, 1.54) is 24.3 Å². The Labute approximate surface area is 160 Å². The molecule has 1 amide bonds. The Bertz CT molecular complexity index is 838. The third-order valence-corrected chi connectivity index (χ3v) is 3.72. The highest BCUT2D eigenvalue weighted by Crippen LogP contribution is 2.25. The van der Waals surface area contributed by atoms with Crippen LogP contribution < -0.4 is 15.4 Å². The minimum absolute atomic E-state index is 0.153. The molecule has 28 heavy (non-hydrogen) atoms. The van der Waals surface area contributed by atoms with Gasteiger partial charge in [-0.25, -0.2) is 0 Å². The standard InChI is InChI=1S/C19H20F3N3O3/c1-12(25-14-4-6-15(7-5-14)28-19(20,21)22)16-8-3-13(11-17(16)23-2)18(27)24-9-10-26/h3-8,11,25-26H,9-10H2,1-2H3,(H,24,27)/b16-12+,23-17-. The molecule has 0 atom stereocenters. The lowest BCUT2D eigenvalue weighted by Crippen LogP contribution is -2.28. The van der Waals surface area contributed by atoms with Gasteiger partial charge in [0.15, 0.2) is 0 Å². The highest BCUT2D eigenvalue weighted by atomic mass is 19.4. The van der Waals surface area contributed by atoms with Gasteiger partial charge in [0, 0.05) is 36.1 Å². The molecule has 1 aliphatic rings. The van der Waals surface area contributed by atoms with Gasteiger partial charge in [0.25, 0.3) is 5.91 Å². The number of ether oxygens (including phenoxy) is 1. The lowest BCUT2D eigenvalue weighted by atomic mass is 9.98. The van der Waals surface area contributed by atoms with Gasteiger partial charge in [0.05, 0.1) is 12.3 Å². The maximum absolute atomic E-state index is 12.2. The number of carbonyl (C=O) groups excluding carboxylic acids is 1. The second-order valence-corrected chi connectivity index (χ2v) is 5.76. The summed E-state index contributed by atoms with van der Waals surface area (Å²) in [4.78, 5) is 16.2. The Morgan fingerprint density at radius 1 is 1.21 bits per heavy atom. The van der Waals surface area contributed by atoms with Gasteiger partial charge >= 0.3 is 6.36 Å². The molecule has 0 aliphatic heterocycles. The molecule has 0 aromatic heterocycles. The number of carbonyl (C=O) groups is 1. The molecule has 1 aromatic rings. The number of benzene rings is 1. The number of nitrogens with one attached hydrogen (secondary N) is 2. The van der Waals surface area contributed by atoms with Crippen molar-refractivity contribution in [1.29, 1.82) is 0 Å². The zero-order valence-electron chi connectivity index (χ0n) is 15.3. The quantitative estimate of drug-likeness (QED) is 0.692.